The monoisotopic (exact) mass is 285 g/mol. The van der Waals surface area contributed by atoms with E-state index < -0.39 is 20.4 Å². The largest absolute Gasteiger partial charge is 0.384 e. The van der Waals surface area contributed by atoms with Crippen LogP contribution in [0.1, 0.15) is 39.7 Å². The third-order valence-electron chi connectivity index (χ3n) is 3.26. The highest BCUT2D eigenvalue weighted by molar-refractivity contribution is 7.90. The van der Waals surface area contributed by atoms with Crippen LogP contribution in [0.3, 0.4) is 0 Å². The molecule has 19 heavy (non-hydrogen) atoms. The van der Waals surface area contributed by atoms with E-state index in [2.05, 4.69) is 4.72 Å². The van der Waals surface area contributed by atoms with Crippen molar-refractivity contribution < 1.29 is 13.5 Å². The molecule has 5 heteroatoms. The summed E-state index contributed by atoms with van der Waals surface area (Å²) >= 11 is 0. The van der Waals surface area contributed by atoms with E-state index in [0.29, 0.717) is 12.0 Å². The molecule has 0 spiro atoms. The molecule has 1 atom stereocenters. The Hall–Kier alpha value is -0.910. The van der Waals surface area contributed by atoms with Gasteiger partial charge in [0.05, 0.1) is 4.75 Å². The molecular weight excluding hydrogens is 262 g/mol. The molecule has 0 aromatic heterocycles. The van der Waals surface area contributed by atoms with Crippen LogP contribution in [0.2, 0.25) is 0 Å². The molecule has 0 aliphatic rings. The first-order chi connectivity index (χ1) is 8.62. The first-order valence-electron chi connectivity index (χ1n) is 6.39. The molecule has 1 rings (SSSR count). The van der Waals surface area contributed by atoms with E-state index in [1.807, 2.05) is 25.1 Å². The molecule has 0 radical (unpaired) electrons. The smallest absolute Gasteiger partial charge is 0.216 e. The summed E-state index contributed by atoms with van der Waals surface area (Å²) < 4.78 is 25.7. The molecule has 0 heterocycles. The molecule has 1 aromatic carbocycles. The lowest BCUT2D eigenvalue weighted by Gasteiger charge is -2.29. The Bertz CT molecular complexity index is 505. The van der Waals surface area contributed by atoms with Gasteiger partial charge in [0, 0.05) is 6.54 Å². The molecule has 0 fully saturated rings. The van der Waals surface area contributed by atoms with Gasteiger partial charge >= 0.3 is 0 Å². The Morgan fingerprint density at radius 1 is 1.16 bits per heavy atom. The molecule has 4 nitrogen and oxygen atoms in total. The lowest BCUT2D eigenvalue weighted by atomic mass is 9.91. The number of sulfonamides is 1. The van der Waals surface area contributed by atoms with Gasteiger partial charge in [0.25, 0.3) is 0 Å². The standard InChI is InChI=1S/C14H23NO3S/c1-5-14(16,12-9-7-6-8-10-12)11-15-19(17,18)13(2,3)4/h6-10,15-16H,5,11H2,1-4H3. The van der Waals surface area contributed by atoms with Crippen LogP contribution in [0.4, 0.5) is 0 Å². The van der Waals surface area contributed by atoms with Crippen LogP contribution >= 0.6 is 0 Å². The lowest BCUT2D eigenvalue weighted by molar-refractivity contribution is 0.0379. The summed E-state index contributed by atoms with van der Waals surface area (Å²) in [6.45, 7) is 6.69. The van der Waals surface area contributed by atoms with E-state index in [9.17, 15) is 13.5 Å². The maximum Gasteiger partial charge on any atom is 0.216 e. The molecule has 2 N–H and O–H groups in total. The van der Waals surface area contributed by atoms with Crippen LogP contribution in [0, 0.1) is 0 Å². The normalized spacial score (nSPS) is 16.1. The maximum absolute atomic E-state index is 12.0. The van der Waals surface area contributed by atoms with Crippen LogP contribution in [-0.4, -0.2) is 24.8 Å². The van der Waals surface area contributed by atoms with Crippen LogP contribution in [-0.2, 0) is 15.6 Å². The van der Waals surface area contributed by atoms with Crippen molar-refractivity contribution in [3.8, 4) is 0 Å². The molecule has 0 aliphatic heterocycles. The molecule has 1 unspecified atom stereocenters. The molecule has 1 aromatic rings. The number of rotatable bonds is 5. The zero-order valence-electron chi connectivity index (χ0n) is 12.0. The molecule has 108 valence electrons. The van der Waals surface area contributed by atoms with Crippen molar-refractivity contribution in [2.24, 2.45) is 0 Å². The van der Waals surface area contributed by atoms with Crippen molar-refractivity contribution in [1.29, 1.82) is 0 Å². The van der Waals surface area contributed by atoms with E-state index in [4.69, 9.17) is 0 Å². The van der Waals surface area contributed by atoms with Crippen molar-refractivity contribution in [1.82, 2.24) is 4.72 Å². The van der Waals surface area contributed by atoms with E-state index in [-0.39, 0.29) is 6.54 Å². The SMILES string of the molecule is CCC(O)(CNS(=O)(=O)C(C)(C)C)c1ccccc1. The Kier molecular flexibility index (Phi) is 4.76. The Balaban J connectivity index is 2.91. The highest BCUT2D eigenvalue weighted by atomic mass is 32.2. The maximum atomic E-state index is 12.0. The summed E-state index contributed by atoms with van der Waals surface area (Å²) in [5, 5.41) is 10.6. The number of nitrogens with one attached hydrogen (secondary N) is 1. The predicted octanol–water partition coefficient (Wildman–Crippen LogP) is 2.00. The predicted molar refractivity (Wildman–Crippen MR) is 77.3 cm³/mol. The molecular formula is C14H23NO3S. The molecule has 0 bridgehead atoms. The zero-order valence-corrected chi connectivity index (χ0v) is 12.8. The van der Waals surface area contributed by atoms with Gasteiger partial charge in [-0.1, -0.05) is 37.3 Å². The fourth-order valence-corrected chi connectivity index (χ4v) is 2.47. The summed E-state index contributed by atoms with van der Waals surface area (Å²) in [4.78, 5) is 0. The van der Waals surface area contributed by atoms with Crippen LogP contribution in [0.25, 0.3) is 0 Å². The minimum atomic E-state index is -3.46. The van der Waals surface area contributed by atoms with Gasteiger partial charge in [-0.15, -0.1) is 0 Å². The number of benzene rings is 1. The fourth-order valence-electron chi connectivity index (χ4n) is 1.61. The highest BCUT2D eigenvalue weighted by Crippen LogP contribution is 2.25. The van der Waals surface area contributed by atoms with Crippen molar-refractivity contribution in [2.45, 2.75) is 44.5 Å². The summed E-state index contributed by atoms with van der Waals surface area (Å²) in [6, 6.07) is 9.12. The second-order valence-electron chi connectivity index (χ2n) is 5.69. The summed E-state index contributed by atoms with van der Waals surface area (Å²) in [5.41, 5.74) is -0.464. The van der Waals surface area contributed by atoms with Gasteiger partial charge in [0.15, 0.2) is 0 Å². The number of hydrogen-bond donors (Lipinski definition) is 2. The van der Waals surface area contributed by atoms with Gasteiger partial charge < -0.3 is 5.11 Å². The topological polar surface area (TPSA) is 66.4 Å². The molecule has 0 amide bonds. The third kappa shape index (κ3) is 3.78. The number of hydrogen-bond acceptors (Lipinski definition) is 3. The van der Waals surface area contributed by atoms with Gasteiger partial charge in [0.1, 0.15) is 5.60 Å². The second-order valence-corrected chi connectivity index (χ2v) is 8.21. The third-order valence-corrected chi connectivity index (χ3v) is 5.39. The van der Waals surface area contributed by atoms with Crippen LogP contribution < -0.4 is 4.72 Å². The Morgan fingerprint density at radius 3 is 2.11 bits per heavy atom. The van der Waals surface area contributed by atoms with Crippen LogP contribution in [0.15, 0.2) is 30.3 Å². The minimum Gasteiger partial charge on any atom is -0.384 e. The summed E-state index contributed by atoms with van der Waals surface area (Å²) in [6.07, 6.45) is 0.434. The molecule has 0 aliphatic carbocycles. The average Bonchev–Trinajstić information content (AvgIpc) is 2.36. The second kappa shape index (κ2) is 5.61. The fraction of sp³-hybridized carbons (Fsp3) is 0.571. The Labute approximate surface area is 115 Å². The van der Waals surface area contributed by atoms with E-state index >= 15 is 0 Å². The van der Waals surface area contributed by atoms with Gasteiger partial charge in [-0.3, -0.25) is 0 Å². The Morgan fingerprint density at radius 2 is 1.68 bits per heavy atom. The highest BCUT2D eigenvalue weighted by Gasteiger charge is 2.33. The van der Waals surface area contributed by atoms with E-state index in [1.54, 1.807) is 32.9 Å². The van der Waals surface area contributed by atoms with Crippen LogP contribution in [0.5, 0.6) is 0 Å². The quantitative estimate of drug-likeness (QED) is 0.869. The lowest BCUT2D eigenvalue weighted by Crippen LogP contribution is -2.46. The zero-order chi connectivity index (χ0) is 14.7. The van der Waals surface area contributed by atoms with Crippen molar-refractivity contribution in [3.63, 3.8) is 0 Å². The van der Waals surface area contributed by atoms with E-state index in [1.165, 1.54) is 0 Å². The molecule has 0 saturated heterocycles. The minimum absolute atomic E-state index is 0.0207. The van der Waals surface area contributed by atoms with Crippen molar-refractivity contribution >= 4 is 10.0 Å². The van der Waals surface area contributed by atoms with Crippen molar-refractivity contribution in [3.05, 3.63) is 35.9 Å². The summed E-state index contributed by atoms with van der Waals surface area (Å²) in [7, 11) is -3.46. The van der Waals surface area contributed by atoms with Gasteiger partial charge in [-0.05, 0) is 32.8 Å². The van der Waals surface area contributed by atoms with Gasteiger partial charge in [0.2, 0.25) is 10.0 Å². The molecule has 0 saturated carbocycles. The summed E-state index contributed by atoms with van der Waals surface area (Å²) in [5.74, 6) is 0. The van der Waals surface area contributed by atoms with E-state index in [0.717, 1.165) is 0 Å². The van der Waals surface area contributed by atoms with Gasteiger partial charge in [-0.2, -0.15) is 0 Å². The first kappa shape index (κ1) is 16.1. The number of aliphatic hydroxyl groups is 1. The van der Waals surface area contributed by atoms with Crippen molar-refractivity contribution in [2.75, 3.05) is 6.54 Å². The van der Waals surface area contributed by atoms with Gasteiger partial charge in [-0.25, -0.2) is 13.1 Å². The average molecular weight is 285 g/mol. The first-order valence-corrected chi connectivity index (χ1v) is 7.88.